The Morgan fingerprint density at radius 3 is 2.59 bits per heavy atom. The SMILES string of the molecule is COc1ccc(OC)c2c1CCn1c-2cc(OCc2ccccc2)c/c1=N\CC1CCCCO1. The Morgan fingerprint density at radius 2 is 1.82 bits per heavy atom. The van der Waals surface area contributed by atoms with Crippen LogP contribution in [0.2, 0.25) is 0 Å². The van der Waals surface area contributed by atoms with Gasteiger partial charge in [-0.2, -0.15) is 0 Å². The first kappa shape index (κ1) is 22.5. The summed E-state index contributed by atoms with van der Waals surface area (Å²) in [4.78, 5) is 5.02. The highest BCUT2D eigenvalue weighted by atomic mass is 16.5. The first-order chi connectivity index (χ1) is 16.8. The number of hydrogen-bond acceptors (Lipinski definition) is 5. The van der Waals surface area contributed by atoms with Crippen molar-refractivity contribution in [1.29, 1.82) is 0 Å². The molecule has 3 heterocycles. The van der Waals surface area contributed by atoms with Crippen LogP contribution in [-0.2, 0) is 24.3 Å². The molecule has 1 atom stereocenters. The lowest BCUT2D eigenvalue weighted by Gasteiger charge is -2.27. The van der Waals surface area contributed by atoms with Crippen molar-refractivity contribution in [2.75, 3.05) is 27.4 Å². The van der Waals surface area contributed by atoms with E-state index in [0.717, 1.165) is 77.5 Å². The van der Waals surface area contributed by atoms with Crippen LogP contribution in [0.4, 0.5) is 0 Å². The predicted molar refractivity (Wildman–Crippen MR) is 131 cm³/mol. The maximum atomic E-state index is 6.26. The van der Waals surface area contributed by atoms with Crippen molar-refractivity contribution >= 4 is 0 Å². The minimum atomic E-state index is 0.185. The van der Waals surface area contributed by atoms with E-state index in [4.69, 9.17) is 23.9 Å². The molecule has 3 aromatic rings. The summed E-state index contributed by atoms with van der Waals surface area (Å²) in [5.74, 6) is 2.49. The van der Waals surface area contributed by atoms with Crippen molar-refractivity contribution in [2.45, 2.75) is 44.9 Å². The Bertz CT molecular complexity index is 1200. The smallest absolute Gasteiger partial charge is 0.131 e. The Balaban J connectivity index is 1.58. The van der Waals surface area contributed by atoms with Gasteiger partial charge in [-0.05, 0) is 43.4 Å². The molecule has 1 fully saturated rings. The van der Waals surface area contributed by atoms with Crippen molar-refractivity contribution < 1.29 is 18.9 Å². The average molecular weight is 461 g/mol. The second kappa shape index (κ2) is 10.3. The van der Waals surface area contributed by atoms with Gasteiger partial charge in [0.25, 0.3) is 0 Å². The molecule has 0 N–H and O–H groups in total. The molecule has 1 aromatic heterocycles. The van der Waals surface area contributed by atoms with Gasteiger partial charge in [-0.15, -0.1) is 0 Å². The monoisotopic (exact) mass is 460 g/mol. The van der Waals surface area contributed by atoms with Gasteiger partial charge in [0.15, 0.2) is 0 Å². The van der Waals surface area contributed by atoms with E-state index < -0.39 is 0 Å². The third-order valence-corrected chi connectivity index (χ3v) is 6.61. The van der Waals surface area contributed by atoms with Gasteiger partial charge in [0.2, 0.25) is 0 Å². The zero-order valence-corrected chi connectivity index (χ0v) is 20.0. The van der Waals surface area contributed by atoms with E-state index in [-0.39, 0.29) is 6.10 Å². The third-order valence-electron chi connectivity index (χ3n) is 6.61. The first-order valence-electron chi connectivity index (χ1n) is 12.0. The molecule has 1 saturated heterocycles. The van der Waals surface area contributed by atoms with Gasteiger partial charge in [-0.1, -0.05) is 30.3 Å². The fraction of sp³-hybridized carbons (Fsp3) is 0.393. The van der Waals surface area contributed by atoms with Crippen molar-refractivity contribution in [3.63, 3.8) is 0 Å². The number of aromatic nitrogens is 1. The number of methoxy groups -OCH3 is 2. The molecule has 6 heteroatoms. The summed E-state index contributed by atoms with van der Waals surface area (Å²) < 4.78 is 25.9. The fourth-order valence-corrected chi connectivity index (χ4v) is 4.85. The van der Waals surface area contributed by atoms with Crippen LogP contribution in [-0.4, -0.2) is 38.0 Å². The van der Waals surface area contributed by atoms with Crippen LogP contribution in [0.5, 0.6) is 17.2 Å². The molecule has 2 aliphatic rings. The Hall–Kier alpha value is -3.25. The number of benzene rings is 2. The molecule has 0 radical (unpaired) electrons. The maximum absolute atomic E-state index is 6.26. The summed E-state index contributed by atoms with van der Waals surface area (Å²) in [5.41, 5.74) is 5.27. The molecule has 0 saturated carbocycles. The van der Waals surface area contributed by atoms with E-state index in [2.05, 4.69) is 22.8 Å². The molecular weight excluding hydrogens is 428 g/mol. The fourth-order valence-electron chi connectivity index (χ4n) is 4.85. The summed E-state index contributed by atoms with van der Waals surface area (Å²) in [7, 11) is 3.43. The molecule has 5 rings (SSSR count). The lowest BCUT2D eigenvalue weighted by Crippen LogP contribution is -2.30. The first-order valence-corrected chi connectivity index (χ1v) is 12.0. The van der Waals surface area contributed by atoms with Crippen molar-refractivity contribution in [3.05, 3.63) is 71.2 Å². The van der Waals surface area contributed by atoms with Crippen molar-refractivity contribution in [1.82, 2.24) is 4.57 Å². The summed E-state index contributed by atoms with van der Waals surface area (Å²) >= 11 is 0. The molecule has 0 aliphatic carbocycles. The Morgan fingerprint density at radius 1 is 1.00 bits per heavy atom. The standard InChI is InChI=1S/C28H32N2O4/c1-31-25-11-12-26(32-2)28-23(25)13-14-30-24(28)16-22(34-19-20-8-4-3-5-9-20)17-27(30)29-18-21-10-6-7-15-33-21/h3-5,8-9,11-12,16-17,21H,6-7,10,13-15,18-19H2,1-2H3/b29-27+. The van der Waals surface area contributed by atoms with Gasteiger partial charge in [0, 0.05) is 36.4 Å². The van der Waals surface area contributed by atoms with Gasteiger partial charge < -0.3 is 23.5 Å². The van der Waals surface area contributed by atoms with Crippen LogP contribution in [0.1, 0.15) is 30.4 Å². The number of ether oxygens (including phenoxy) is 4. The summed E-state index contributed by atoms with van der Waals surface area (Å²) in [6.45, 7) is 2.80. The van der Waals surface area contributed by atoms with Crippen LogP contribution in [0.15, 0.2) is 59.6 Å². The Labute approximate surface area is 200 Å². The van der Waals surface area contributed by atoms with E-state index in [1.165, 1.54) is 6.42 Å². The highest BCUT2D eigenvalue weighted by molar-refractivity contribution is 5.76. The van der Waals surface area contributed by atoms with Gasteiger partial charge in [0.05, 0.1) is 32.6 Å². The number of rotatable bonds is 7. The molecule has 0 spiro atoms. The topological polar surface area (TPSA) is 54.2 Å². The molecule has 1 unspecified atom stereocenters. The Kier molecular flexibility index (Phi) is 6.86. The van der Waals surface area contributed by atoms with Crippen LogP contribution in [0.3, 0.4) is 0 Å². The third kappa shape index (κ3) is 4.68. The molecule has 6 nitrogen and oxygen atoms in total. The summed E-state index contributed by atoms with van der Waals surface area (Å²) in [5, 5.41) is 0. The largest absolute Gasteiger partial charge is 0.496 e. The minimum Gasteiger partial charge on any atom is -0.496 e. The van der Waals surface area contributed by atoms with Crippen LogP contribution in [0, 0.1) is 0 Å². The number of hydrogen-bond donors (Lipinski definition) is 0. The minimum absolute atomic E-state index is 0.185. The predicted octanol–water partition coefficient (Wildman–Crippen LogP) is 4.78. The van der Waals surface area contributed by atoms with E-state index >= 15 is 0 Å². The molecule has 178 valence electrons. The molecule has 2 aliphatic heterocycles. The lowest BCUT2D eigenvalue weighted by atomic mass is 9.95. The number of fused-ring (bicyclic) bond motifs is 3. The lowest BCUT2D eigenvalue weighted by molar-refractivity contribution is 0.0219. The van der Waals surface area contributed by atoms with Crippen molar-refractivity contribution in [2.24, 2.45) is 4.99 Å². The number of pyridine rings is 1. The highest BCUT2D eigenvalue weighted by Gasteiger charge is 2.25. The zero-order valence-electron chi connectivity index (χ0n) is 20.0. The van der Waals surface area contributed by atoms with E-state index in [9.17, 15) is 0 Å². The summed E-state index contributed by atoms with van der Waals surface area (Å²) in [6.07, 6.45) is 4.44. The van der Waals surface area contributed by atoms with Crippen LogP contribution < -0.4 is 19.7 Å². The van der Waals surface area contributed by atoms with E-state index in [1.807, 2.05) is 36.4 Å². The molecule has 0 amide bonds. The maximum Gasteiger partial charge on any atom is 0.131 e. The van der Waals surface area contributed by atoms with Crippen LogP contribution >= 0.6 is 0 Å². The molecule has 0 bridgehead atoms. The highest BCUT2D eigenvalue weighted by Crippen LogP contribution is 2.42. The second-order valence-corrected chi connectivity index (χ2v) is 8.76. The second-order valence-electron chi connectivity index (χ2n) is 8.76. The molecule has 34 heavy (non-hydrogen) atoms. The van der Waals surface area contributed by atoms with Gasteiger partial charge in [0.1, 0.15) is 29.3 Å². The van der Waals surface area contributed by atoms with Gasteiger partial charge in [-0.25, -0.2) is 0 Å². The zero-order chi connectivity index (χ0) is 23.3. The average Bonchev–Trinajstić information content (AvgIpc) is 2.90. The van der Waals surface area contributed by atoms with Gasteiger partial charge in [-0.3, -0.25) is 4.99 Å². The molecule has 2 aromatic carbocycles. The van der Waals surface area contributed by atoms with E-state index in [1.54, 1.807) is 14.2 Å². The molecular formula is C28H32N2O4. The number of nitrogens with zero attached hydrogens (tertiary/aromatic N) is 2. The normalized spacial score (nSPS) is 17.6. The van der Waals surface area contributed by atoms with E-state index in [0.29, 0.717) is 13.2 Å². The van der Waals surface area contributed by atoms with Crippen LogP contribution in [0.25, 0.3) is 11.3 Å². The van der Waals surface area contributed by atoms with Crippen molar-refractivity contribution in [3.8, 4) is 28.5 Å². The summed E-state index contributed by atoms with van der Waals surface area (Å²) in [6, 6.07) is 18.3. The quantitative estimate of drug-likeness (QED) is 0.509. The van der Waals surface area contributed by atoms with Gasteiger partial charge >= 0.3 is 0 Å².